The van der Waals surface area contributed by atoms with E-state index in [1.807, 2.05) is 6.92 Å². The predicted molar refractivity (Wildman–Crippen MR) is 61.4 cm³/mol. The maximum absolute atomic E-state index is 12.1. The molecule has 17 heavy (non-hydrogen) atoms. The van der Waals surface area contributed by atoms with Gasteiger partial charge in [-0.2, -0.15) is 9.90 Å². The van der Waals surface area contributed by atoms with Gasteiger partial charge in [-0.3, -0.25) is 4.79 Å². The van der Waals surface area contributed by atoms with Crippen LogP contribution in [0.25, 0.3) is 0 Å². The van der Waals surface area contributed by atoms with Gasteiger partial charge in [-0.1, -0.05) is 0 Å². The average Bonchev–Trinajstić information content (AvgIpc) is 2.60. The first-order valence-corrected chi connectivity index (χ1v) is 5.86. The highest BCUT2D eigenvalue weighted by molar-refractivity contribution is 5.91. The lowest BCUT2D eigenvalue weighted by molar-refractivity contribution is 0.0437. The lowest BCUT2D eigenvalue weighted by Gasteiger charge is -2.21. The molecule has 6 nitrogen and oxygen atoms in total. The lowest BCUT2D eigenvalue weighted by atomic mass is 9.98. The highest BCUT2D eigenvalue weighted by Gasteiger charge is 2.28. The summed E-state index contributed by atoms with van der Waals surface area (Å²) in [6.07, 6.45) is 3.64. The summed E-state index contributed by atoms with van der Waals surface area (Å²) in [5.41, 5.74) is -0.286. The summed E-state index contributed by atoms with van der Waals surface area (Å²) >= 11 is 0. The van der Waals surface area contributed by atoms with Gasteiger partial charge in [0.25, 0.3) is 5.91 Å². The second-order valence-corrected chi connectivity index (χ2v) is 4.86. The molecule has 0 spiro atoms. The standard InChI is InChI=1S/C11H18N4O2/c1-11(17)4-3-6-15(7-5-11)10(16)9-8-12-14(2)13-9/h8,17H,3-7H2,1-2H3. The number of likely N-dealkylation sites (tertiary alicyclic amines) is 1. The van der Waals surface area contributed by atoms with Crippen molar-refractivity contribution in [3.8, 4) is 0 Å². The van der Waals surface area contributed by atoms with E-state index in [-0.39, 0.29) is 5.91 Å². The van der Waals surface area contributed by atoms with Gasteiger partial charge in [-0.15, -0.1) is 5.10 Å². The third-order valence-corrected chi connectivity index (χ3v) is 3.17. The van der Waals surface area contributed by atoms with Crippen LogP contribution in [0.2, 0.25) is 0 Å². The zero-order valence-electron chi connectivity index (χ0n) is 10.3. The average molecular weight is 238 g/mol. The van der Waals surface area contributed by atoms with Crippen molar-refractivity contribution in [1.82, 2.24) is 19.9 Å². The van der Waals surface area contributed by atoms with Crippen LogP contribution in [0.15, 0.2) is 6.20 Å². The Morgan fingerprint density at radius 3 is 2.88 bits per heavy atom. The topological polar surface area (TPSA) is 71.2 Å². The number of hydrogen-bond donors (Lipinski definition) is 1. The Labute approximate surface area is 100 Å². The molecule has 1 unspecified atom stereocenters. The largest absolute Gasteiger partial charge is 0.390 e. The van der Waals surface area contributed by atoms with Gasteiger partial charge in [-0.05, 0) is 26.2 Å². The molecule has 0 radical (unpaired) electrons. The zero-order chi connectivity index (χ0) is 12.5. The zero-order valence-corrected chi connectivity index (χ0v) is 10.3. The van der Waals surface area contributed by atoms with Gasteiger partial charge in [0, 0.05) is 20.1 Å². The molecule has 0 bridgehead atoms. The normalized spacial score (nSPS) is 25.7. The Kier molecular flexibility index (Phi) is 3.15. The van der Waals surface area contributed by atoms with Crippen LogP contribution in [0.3, 0.4) is 0 Å². The monoisotopic (exact) mass is 238 g/mol. The third kappa shape index (κ3) is 2.82. The first kappa shape index (κ1) is 12.0. The number of aryl methyl sites for hydroxylation is 1. The van der Waals surface area contributed by atoms with Crippen LogP contribution in [-0.4, -0.2) is 49.6 Å². The van der Waals surface area contributed by atoms with Gasteiger partial charge < -0.3 is 10.0 Å². The fourth-order valence-corrected chi connectivity index (χ4v) is 2.07. The van der Waals surface area contributed by atoms with E-state index in [1.54, 1.807) is 11.9 Å². The van der Waals surface area contributed by atoms with Crippen LogP contribution >= 0.6 is 0 Å². The molecular formula is C11H18N4O2. The lowest BCUT2D eigenvalue weighted by Crippen LogP contribution is -2.33. The van der Waals surface area contributed by atoms with Crippen LogP contribution < -0.4 is 0 Å². The maximum atomic E-state index is 12.1. The smallest absolute Gasteiger partial charge is 0.276 e. The van der Waals surface area contributed by atoms with E-state index in [4.69, 9.17) is 0 Å². The van der Waals surface area contributed by atoms with Gasteiger partial charge in [0.2, 0.25) is 0 Å². The Balaban J connectivity index is 2.05. The minimum Gasteiger partial charge on any atom is -0.390 e. The quantitative estimate of drug-likeness (QED) is 0.758. The molecular weight excluding hydrogens is 220 g/mol. The van der Waals surface area contributed by atoms with Crippen molar-refractivity contribution >= 4 is 5.91 Å². The highest BCUT2D eigenvalue weighted by Crippen LogP contribution is 2.21. The highest BCUT2D eigenvalue weighted by atomic mass is 16.3. The van der Waals surface area contributed by atoms with Crippen molar-refractivity contribution in [3.63, 3.8) is 0 Å². The van der Waals surface area contributed by atoms with Gasteiger partial charge in [0.05, 0.1) is 11.8 Å². The molecule has 2 heterocycles. The van der Waals surface area contributed by atoms with Crippen LogP contribution in [0.5, 0.6) is 0 Å². The van der Waals surface area contributed by atoms with Gasteiger partial charge in [0.1, 0.15) is 0 Å². The van der Waals surface area contributed by atoms with E-state index in [1.165, 1.54) is 11.0 Å². The fourth-order valence-electron chi connectivity index (χ4n) is 2.07. The second-order valence-electron chi connectivity index (χ2n) is 4.86. The summed E-state index contributed by atoms with van der Waals surface area (Å²) in [5, 5.41) is 17.9. The molecule has 1 aliphatic heterocycles. The second kappa shape index (κ2) is 4.44. The number of carbonyl (C=O) groups is 1. The van der Waals surface area contributed by atoms with Crippen molar-refractivity contribution in [1.29, 1.82) is 0 Å². The van der Waals surface area contributed by atoms with Crippen molar-refractivity contribution in [2.75, 3.05) is 13.1 Å². The Bertz CT molecular complexity index is 413. The molecule has 1 saturated heterocycles. The molecule has 1 N–H and O–H groups in total. The molecule has 1 amide bonds. The molecule has 0 aromatic carbocycles. The molecule has 94 valence electrons. The molecule has 1 atom stereocenters. The van der Waals surface area contributed by atoms with Crippen molar-refractivity contribution in [2.45, 2.75) is 31.8 Å². The van der Waals surface area contributed by atoms with Gasteiger partial charge >= 0.3 is 0 Å². The minimum atomic E-state index is -0.655. The van der Waals surface area contributed by atoms with E-state index in [0.717, 1.165) is 12.8 Å². The summed E-state index contributed by atoms with van der Waals surface area (Å²) in [6, 6.07) is 0. The third-order valence-electron chi connectivity index (χ3n) is 3.17. The molecule has 6 heteroatoms. The Morgan fingerprint density at radius 2 is 2.24 bits per heavy atom. The number of rotatable bonds is 1. The van der Waals surface area contributed by atoms with Crippen LogP contribution in [0, 0.1) is 0 Å². The summed E-state index contributed by atoms with van der Waals surface area (Å²) < 4.78 is 0. The summed E-state index contributed by atoms with van der Waals surface area (Å²) in [6.45, 7) is 3.07. The molecule has 1 aliphatic rings. The molecule has 1 aromatic heterocycles. The van der Waals surface area contributed by atoms with Gasteiger partial charge in [0.15, 0.2) is 5.69 Å². The van der Waals surface area contributed by atoms with Crippen LogP contribution in [0.1, 0.15) is 36.7 Å². The van der Waals surface area contributed by atoms with E-state index >= 15 is 0 Å². The van der Waals surface area contributed by atoms with Gasteiger partial charge in [-0.25, -0.2) is 0 Å². The number of carbonyl (C=O) groups excluding carboxylic acids is 1. The maximum Gasteiger partial charge on any atom is 0.276 e. The van der Waals surface area contributed by atoms with E-state index in [9.17, 15) is 9.90 Å². The van der Waals surface area contributed by atoms with E-state index in [2.05, 4.69) is 10.2 Å². The molecule has 1 aromatic rings. The number of amides is 1. The van der Waals surface area contributed by atoms with Crippen molar-refractivity contribution < 1.29 is 9.90 Å². The number of aliphatic hydroxyl groups is 1. The summed E-state index contributed by atoms with van der Waals surface area (Å²) in [5.74, 6) is -0.101. The number of hydrogen-bond acceptors (Lipinski definition) is 4. The summed E-state index contributed by atoms with van der Waals surface area (Å²) in [7, 11) is 1.68. The molecule has 0 saturated carbocycles. The van der Waals surface area contributed by atoms with E-state index < -0.39 is 5.60 Å². The Morgan fingerprint density at radius 1 is 1.47 bits per heavy atom. The fraction of sp³-hybridized carbons (Fsp3) is 0.727. The Hall–Kier alpha value is -1.43. The van der Waals surface area contributed by atoms with Crippen LogP contribution in [-0.2, 0) is 7.05 Å². The number of aromatic nitrogens is 3. The first-order chi connectivity index (χ1) is 7.98. The predicted octanol–water partition coefficient (Wildman–Crippen LogP) is 0.192. The molecule has 1 fully saturated rings. The number of nitrogens with zero attached hydrogens (tertiary/aromatic N) is 4. The van der Waals surface area contributed by atoms with Crippen molar-refractivity contribution in [2.24, 2.45) is 7.05 Å². The van der Waals surface area contributed by atoms with E-state index in [0.29, 0.717) is 25.2 Å². The first-order valence-electron chi connectivity index (χ1n) is 5.86. The van der Waals surface area contributed by atoms with Crippen LogP contribution in [0.4, 0.5) is 0 Å². The SMILES string of the molecule is Cn1ncc(C(=O)N2CCCC(C)(O)CC2)n1. The minimum absolute atomic E-state index is 0.101. The molecule has 0 aliphatic carbocycles. The summed E-state index contributed by atoms with van der Waals surface area (Å²) in [4.78, 5) is 15.2. The molecule has 2 rings (SSSR count). The van der Waals surface area contributed by atoms with Crippen molar-refractivity contribution in [3.05, 3.63) is 11.9 Å².